The molecule has 2 amide bonds. The average Bonchev–Trinajstić information content (AvgIpc) is 2.82. The molecule has 2 aromatic carbocycles. The van der Waals surface area contributed by atoms with Crippen molar-refractivity contribution in [3.63, 3.8) is 0 Å². The fraction of sp³-hybridized carbons (Fsp3) is 0.462. The van der Waals surface area contributed by atoms with Crippen LogP contribution in [0.2, 0.25) is 0 Å². The lowest BCUT2D eigenvalue weighted by Gasteiger charge is -2.43. The first-order chi connectivity index (χ1) is 17.6. The molecule has 0 radical (unpaired) electrons. The van der Waals surface area contributed by atoms with Crippen LogP contribution in [0.15, 0.2) is 30.3 Å². The third-order valence-corrected chi connectivity index (χ3v) is 6.61. The summed E-state index contributed by atoms with van der Waals surface area (Å²) < 4.78 is 90.9. The summed E-state index contributed by atoms with van der Waals surface area (Å²) in [5.74, 6) is 0. The second-order valence-corrected chi connectivity index (χ2v) is 9.12. The number of fused-ring (bicyclic) bond motifs is 1. The Bertz CT molecular complexity index is 1180. The van der Waals surface area contributed by atoms with Gasteiger partial charge in [0.25, 0.3) is 0 Å². The summed E-state index contributed by atoms with van der Waals surface area (Å²) in [4.78, 5) is 28.3. The van der Waals surface area contributed by atoms with E-state index < -0.39 is 54.3 Å². The summed E-state index contributed by atoms with van der Waals surface area (Å²) in [7, 11) is 1.07. The SMILES string of the molecule is CCOC(=O)N1c2ccc(C)c(C)c2[C@H](N(Cc2cc(C(F)(F)F)cc(C(F)(F)F)c2)C(=O)OC)C[C@@H]1C. The second-order valence-electron chi connectivity index (χ2n) is 9.12. The summed E-state index contributed by atoms with van der Waals surface area (Å²) in [6.07, 6.45) is -11.5. The highest BCUT2D eigenvalue weighted by molar-refractivity contribution is 5.91. The number of hydrogen-bond donors (Lipinski definition) is 0. The zero-order chi connectivity index (χ0) is 28.6. The first kappa shape index (κ1) is 29.1. The third kappa shape index (κ3) is 5.83. The van der Waals surface area contributed by atoms with Crippen LogP contribution in [0.5, 0.6) is 0 Å². The smallest absolute Gasteiger partial charge is 0.416 e. The first-order valence-corrected chi connectivity index (χ1v) is 11.8. The molecule has 0 unspecified atom stereocenters. The Morgan fingerprint density at radius 2 is 1.61 bits per heavy atom. The van der Waals surface area contributed by atoms with Crippen LogP contribution in [0.25, 0.3) is 0 Å². The molecule has 0 saturated heterocycles. The molecule has 0 aromatic heterocycles. The number of methoxy groups -OCH3 is 1. The van der Waals surface area contributed by atoms with Gasteiger partial charge in [-0.25, -0.2) is 9.59 Å². The van der Waals surface area contributed by atoms with E-state index in [2.05, 4.69) is 0 Å². The van der Waals surface area contributed by atoms with Crippen molar-refractivity contribution in [3.8, 4) is 0 Å². The normalized spacial score (nSPS) is 17.6. The zero-order valence-corrected chi connectivity index (χ0v) is 21.5. The number of anilines is 1. The minimum Gasteiger partial charge on any atom is -0.453 e. The fourth-order valence-corrected chi connectivity index (χ4v) is 4.72. The number of halogens is 6. The number of carbonyl (C=O) groups excluding carboxylic acids is 2. The lowest BCUT2D eigenvalue weighted by molar-refractivity contribution is -0.143. The van der Waals surface area contributed by atoms with E-state index in [1.54, 1.807) is 32.9 Å². The van der Waals surface area contributed by atoms with Gasteiger partial charge in [0.2, 0.25) is 0 Å². The van der Waals surface area contributed by atoms with Crippen molar-refractivity contribution < 1.29 is 45.4 Å². The van der Waals surface area contributed by atoms with E-state index in [0.29, 0.717) is 28.9 Å². The minimum atomic E-state index is -5.04. The van der Waals surface area contributed by atoms with Crippen molar-refractivity contribution in [2.75, 3.05) is 18.6 Å². The Hall–Kier alpha value is -3.44. The molecule has 3 rings (SSSR count). The topological polar surface area (TPSA) is 59.1 Å². The maximum absolute atomic E-state index is 13.5. The number of hydrogen-bond acceptors (Lipinski definition) is 4. The van der Waals surface area contributed by atoms with Gasteiger partial charge >= 0.3 is 24.5 Å². The van der Waals surface area contributed by atoms with Crippen LogP contribution < -0.4 is 4.90 Å². The van der Waals surface area contributed by atoms with Gasteiger partial charge in [0.1, 0.15) is 0 Å². The Morgan fingerprint density at radius 1 is 1.03 bits per heavy atom. The highest BCUT2D eigenvalue weighted by Crippen LogP contribution is 2.45. The van der Waals surface area contributed by atoms with Crippen LogP contribution in [0.4, 0.5) is 41.6 Å². The van der Waals surface area contributed by atoms with Gasteiger partial charge in [-0.05, 0) is 75.1 Å². The fourth-order valence-electron chi connectivity index (χ4n) is 4.72. The lowest BCUT2D eigenvalue weighted by Crippen LogP contribution is -2.48. The molecule has 2 aromatic rings. The lowest BCUT2D eigenvalue weighted by atomic mass is 9.86. The number of nitrogens with zero attached hydrogens (tertiary/aromatic N) is 2. The minimum absolute atomic E-state index is 0.0364. The van der Waals surface area contributed by atoms with Gasteiger partial charge in [0.05, 0.1) is 36.6 Å². The maximum atomic E-state index is 13.5. The molecule has 38 heavy (non-hydrogen) atoms. The summed E-state index contributed by atoms with van der Waals surface area (Å²) in [5.41, 5.74) is -0.841. The van der Waals surface area contributed by atoms with Gasteiger partial charge in [0.15, 0.2) is 0 Å². The van der Waals surface area contributed by atoms with Crippen molar-refractivity contribution in [1.82, 2.24) is 4.90 Å². The molecule has 0 N–H and O–H groups in total. The van der Waals surface area contributed by atoms with Crippen LogP contribution >= 0.6 is 0 Å². The number of ether oxygens (including phenoxy) is 2. The number of benzene rings is 2. The quantitative estimate of drug-likeness (QED) is 0.375. The van der Waals surface area contributed by atoms with Crippen molar-refractivity contribution in [1.29, 1.82) is 0 Å². The average molecular weight is 547 g/mol. The molecule has 1 heterocycles. The summed E-state index contributed by atoms with van der Waals surface area (Å²) >= 11 is 0. The van der Waals surface area contributed by atoms with Crippen molar-refractivity contribution in [2.24, 2.45) is 0 Å². The molecule has 12 heteroatoms. The molecule has 0 saturated carbocycles. The number of alkyl halides is 6. The Kier molecular flexibility index (Phi) is 8.23. The van der Waals surface area contributed by atoms with Crippen LogP contribution in [-0.4, -0.2) is 36.8 Å². The third-order valence-electron chi connectivity index (χ3n) is 6.61. The van der Waals surface area contributed by atoms with Crippen LogP contribution in [0.3, 0.4) is 0 Å². The van der Waals surface area contributed by atoms with Gasteiger partial charge in [-0.15, -0.1) is 0 Å². The van der Waals surface area contributed by atoms with Crippen molar-refractivity contribution in [2.45, 2.75) is 65.1 Å². The molecule has 208 valence electrons. The largest absolute Gasteiger partial charge is 0.453 e. The first-order valence-electron chi connectivity index (χ1n) is 11.8. The summed E-state index contributed by atoms with van der Waals surface area (Å²) in [6.45, 7) is 6.47. The molecule has 0 fully saturated rings. The highest BCUT2D eigenvalue weighted by atomic mass is 19.4. The molecule has 1 aliphatic heterocycles. The Labute approximate surface area is 216 Å². The number of rotatable bonds is 4. The van der Waals surface area contributed by atoms with E-state index in [1.807, 2.05) is 6.92 Å². The predicted molar refractivity (Wildman–Crippen MR) is 127 cm³/mol. The van der Waals surface area contributed by atoms with E-state index in [0.717, 1.165) is 17.6 Å². The van der Waals surface area contributed by atoms with Gasteiger partial charge < -0.3 is 9.47 Å². The van der Waals surface area contributed by atoms with Crippen molar-refractivity contribution >= 4 is 17.9 Å². The molecule has 0 aliphatic carbocycles. The molecular formula is C26H28F6N2O4. The predicted octanol–water partition coefficient (Wildman–Crippen LogP) is 7.41. The number of amides is 2. The van der Waals surface area contributed by atoms with Crippen molar-refractivity contribution in [3.05, 3.63) is 63.7 Å². The van der Waals surface area contributed by atoms with E-state index in [4.69, 9.17) is 9.47 Å². The standard InChI is InChI=1S/C26H28F6N2O4/c1-6-38-24(36)34-15(3)9-21(22-16(4)14(2)7-8-20(22)34)33(23(35)37-5)13-17-10-18(25(27,28)29)12-19(11-17)26(30,31)32/h7-8,10-12,15,21H,6,9,13H2,1-5H3/t15-,21+/m0/s1. The highest BCUT2D eigenvalue weighted by Gasteiger charge is 2.41. The molecule has 6 nitrogen and oxygen atoms in total. The molecule has 1 aliphatic rings. The van der Waals surface area contributed by atoms with Gasteiger partial charge in [0, 0.05) is 18.2 Å². The number of aryl methyl sites for hydroxylation is 1. The van der Waals surface area contributed by atoms with E-state index in [1.165, 1.54) is 4.90 Å². The Morgan fingerprint density at radius 3 is 2.11 bits per heavy atom. The summed E-state index contributed by atoms with van der Waals surface area (Å²) in [5, 5.41) is 0. The zero-order valence-electron chi connectivity index (χ0n) is 21.5. The van der Waals surface area contributed by atoms with Gasteiger partial charge in [-0.2, -0.15) is 26.3 Å². The second kappa shape index (κ2) is 10.7. The molecular weight excluding hydrogens is 518 g/mol. The molecule has 2 atom stereocenters. The van der Waals surface area contributed by atoms with Crippen LogP contribution in [-0.2, 0) is 28.4 Å². The van der Waals surface area contributed by atoms with E-state index in [-0.39, 0.29) is 24.7 Å². The van der Waals surface area contributed by atoms with E-state index >= 15 is 0 Å². The van der Waals surface area contributed by atoms with Gasteiger partial charge in [-0.1, -0.05) is 6.07 Å². The maximum Gasteiger partial charge on any atom is 0.416 e. The Balaban J connectivity index is 2.18. The van der Waals surface area contributed by atoms with Crippen LogP contribution in [0, 0.1) is 13.8 Å². The van der Waals surface area contributed by atoms with E-state index in [9.17, 15) is 35.9 Å². The molecule has 0 bridgehead atoms. The molecule has 0 spiro atoms. The monoisotopic (exact) mass is 546 g/mol. The van der Waals surface area contributed by atoms with Gasteiger partial charge in [-0.3, -0.25) is 9.80 Å². The number of carbonyl (C=O) groups is 2. The van der Waals surface area contributed by atoms with Crippen LogP contribution in [0.1, 0.15) is 59.7 Å². The summed E-state index contributed by atoms with van der Waals surface area (Å²) in [6, 6.07) is 3.34.